The third kappa shape index (κ3) is 5.09. The maximum Gasteiger partial charge on any atom is 0.305 e. The molecule has 0 fully saturated rings. The van der Waals surface area contributed by atoms with E-state index >= 15 is 0 Å². The van der Waals surface area contributed by atoms with Crippen molar-refractivity contribution >= 4 is 5.97 Å². The Bertz CT molecular complexity index is 153. The van der Waals surface area contributed by atoms with Crippen molar-refractivity contribution in [2.75, 3.05) is 7.11 Å². The fraction of sp³-hybridized carbons (Fsp3) is 0.875. The molecule has 0 aromatic rings. The Balaban J connectivity index is 3.83. The van der Waals surface area contributed by atoms with Gasteiger partial charge in [-0.25, -0.2) is 0 Å². The van der Waals surface area contributed by atoms with Crippen molar-refractivity contribution < 1.29 is 19.7 Å². The first-order chi connectivity index (χ1) is 5.37. The van der Waals surface area contributed by atoms with Crippen LogP contribution in [0, 0.1) is 0 Å². The molecule has 0 radical (unpaired) electrons. The molecule has 0 aromatic heterocycles. The Morgan fingerprint density at radius 1 is 1.58 bits per heavy atom. The van der Waals surface area contributed by atoms with E-state index in [1.807, 2.05) is 0 Å². The van der Waals surface area contributed by atoms with E-state index in [4.69, 9.17) is 9.84 Å². The maximum atomic E-state index is 10.2. The normalized spacial score (nSPS) is 14.3. The molecule has 0 rings (SSSR count). The average Bonchev–Trinajstić information content (AvgIpc) is 1.84. The van der Waals surface area contributed by atoms with Gasteiger partial charge < -0.3 is 14.9 Å². The third-order valence-corrected chi connectivity index (χ3v) is 1.69. The molecular formula is C8H16O4. The van der Waals surface area contributed by atoms with Gasteiger partial charge in [-0.3, -0.25) is 4.79 Å². The lowest BCUT2D eigenvalue weighted by atomic mass is 9.99. The summed E-state index contributed by atoms with van der Waals surface area (Å²) < 4.78 is 5.04. The van der Waals surface area contributed by atoms with E-state index in [1.165, 1.54) is 7.11 Å². The van der Waals surface area contributed by atoms with Gasteiger partial charge in [-0.2, -0.15) is 0 Å². The van der Waals surface area contributed by atoms with Gasteiger partial charge in [0.25, 0.3) is 0 Å². The molecule has 0 amide bonds. The van der Waals surface area contributed by atoms with Crippen molar-refractivity contribution in [3.05, 3.63) is 0 Å². The highest BCUT2D eigenvalue weighted by Crippen LogP contribution is 2.16. The molecule has 0 aromatic carbocycles. The summed E-state index contributed by atoms with van der Waals surface area (Å²) in [5, 5.41) is 17.6. The van der Waals surface area contributed by atoms with Gasteiger partial charge in [0, 0.05) is 13.5 Å². The molecule has 0 aliphatic heterocycles. The van der Waals surface area contributed by atoms with E-state index in [0.29, 0.717) is 6.42 Å². The second kappa shape index (κ2) is 4.42. The summed E-state index contributed by atoms with van der Waals surface area (Å²) in [6.07, 6.45) is -0.736. The summed E-state index contributed by atoms with van der Waals surface area (Å²) in [5.41, 5.74) is -0.463. The SMILES string of the molecule is COC(C)(C)C[C@H](O)CC(=O)O. The summed E-state index contributed by atoms with van der Waals surface area (Å²) in [4.78, 5) is 10.2. The number of carbonyl (C=O) groups is 1. The van der Waals surface area contributed by atoms with E-state index in [1.54, 1.807) is 13.8 Å². The number of aliphatic hydroxyl groups is 1. The van der Waals surface area contributed by atoms with E-state index in [2.05, 4.69) is 0 Å². The summed E-state index contributed by atoms with van der Waals surface area (Å²) in [6, 6.07) is 0. The number of carboxylic acid groups (broad SMARTS) is 1. The fourth-order valence-electron chi connectivity index (χ4n) is 0.925. The van der Waals surface area contributed by atoms with Gasteiger partial charge in [-0.15, -0.1) is 0 Å². The Morgan fingerprint density at radius 2 is 2.08 bits per heavy atom. The summed E-state index contributed by atoms with van der Waals surface area (Å²) in [5.74, 6) is -0.991. The minimum atomic E-state index is -0.991. The number of aliphatic carboxylic acids is 1. The summed E-state index contributed by atoms with van der Waals surface area (Å²) in [7, 11) is 1.54. The van der Waals surface area contributed by atoms with E-state index in [9.17, 15) is 9.90 Å². The minimum absolute atomic E-state index is 0.229. The number of methoxy groups -OCH3 is 1. The van der Waals surface area contributed by atoms with Crippen LogP contribution in [0.5, 0.6) is 0 Å². The lowest BCUT2D eigenvalue weighted by Crippen LogP contribution is -2.29. The fourth-order valence-corrected chi connectivity index (χ4v) is 0.925. The van der Waals surface area contributed by atoms with Crippen LogP contribution in [0.2, 0.25) is 0 Å². The molecule has 0 aliphatic carbocycles. The molecule has 12 heavy (non-hydrogen) atoms. The van der Waals surface area contributed by atoms with E-state index < -0.39 is 17.7 Å². The molecule has 2 N–H and O–H groups in total. The Labute approximate surface area is 72.2 Å². The average molecular weight is 176 g/mol. The molecular weight excluding hydrogens is 160 g/mol. The third-order valence-electron chi connectivity index (χ3n) is 1.69. The molecule has 0 unspecified atom stereocenters. The number of carboxylic acids is 1. The zero-order valence-electron chi connectivity index (χ0n) is 7.70. The quantitative estimate of drug-likeness (QED) is 0.645. The van der Waals surface area contributed by atoms with Crippen molar-refractivity contribution in [3.8, 4) is 0 Å². The zero-order valence-corrected chi connectivity index (χ0v) is 7.70. The second-order valence-electron chi connectivity index (χ2n) is 3.42. The van der Waals surface area contributed by atoms with Gasteiger partial charge in [-0.05, 0) is 13.8 Å². The van der Waals surface area contributed by atoms with Crippen molar-refractivity contribution in [1.82, 2.24) is 0 Å². The molecule has 0 spiro atoms. The standard InChI is InChI=1S/C8H16O4/c1-8(2,12-3)5-6(9)4-7(10)11/h6,9H,4-5H2,1-3H3,(H,10,11)/t6-/m1/s1. The predicted molar refractivity (Wildman–Crippen MR) is 44.0 cm³/mol. The Morgan fingerprint density at radius 3 is 2.42 bits per heavy atom. The number of ether oxygens (including phenoxy) is 1. The number of aliphatic hydroxyl groups excluding tert-OH is 1. The van der Waals surface area contributed by atoms with Gasteiger partial charge in [0.2, 0.25) is 0 Å². The van der Waals surface area contributed by atoms with Crippen molar-refractivity contribution in [3.63, 3.8) is 0 Å². The maximum absolute atomic E-state index is 10.2. The Kier molecular flexibility index (Phi) is 4.20. The predicted octanol–water partition coefficient (Wildman–Crippen LogP) is 0.637. The molecule has 72 valence electrons. The lowest BCUT2D eigenvalue weighted by molar-refractivity contribution is -0.140. The number of hydrogen-bond acceptors (Lipinski definition) is 3. The molecule has 0 heterocycles. The van der Waals surface area contributed by atoms with Crippen LogP contribution in [-0.4, -0.2) is 35.0 Å². The first-order valence-corrected chi connectivity index (χ1v) is 3.82. The van der Waals surface area contributed by atoms with Crippen LogP contribution in [0.1, 0.15) is 26.7 Å². The molecule has 4 heteroatoms. The minimum Gasteiger partial charge on any atom is -0.481 e. The molecule has 4 nitrogen and oxygen atoms in total. The highest BCUT2D eigenvalue weighted by Gasteiger charge is 2.22. The number of rotatable bonds is 5. The molecule has 0 saturated heterocycles. The molecule has 0 aliphatic rings. The van der Waals surface area contributed by atoms with Crippen LogP contribution in [0.4, 0.5) is 0 Å². The van der Waals surface area contributed by atoms with Crippen molar-refractivity contribution in [2.45, 2.75) is 38.4 Å². The monoisotopic (exact) mass is 176 g/mol. The van der Waals surface area contributed by atoms with E-state index in [-0.39, 0.29) is 6.42 Å². The van der Waals surface area contributed by atoms with Gasteiger partial charge in [0.15, 0.2) is 0 Å². The largest absolute Gasteiger partial charge is 0.481 e. The van der Waals surface area contributed by atoms with Gasteiger partial charge in [0.1, 0.15) is 0 Å². The van der Waals surface area contributed by atoms with Crippen molar-refractivity contribution in [1.29, 1.82) is 0 Å². The van der Waals surface area contributed by atoms with Gasteiger partial charge >= 0.3 is 5.97 Å². The van der Waals surface area contributed by atoms with Gasteiger partial charge in [-0.1, -0.05) is 0 Å². The highest BCUT2D eigenvalue weighted by molar-refractivity contribution is 5.67. The van der Waals surface area contributed by atoms with Gasteiger partial charge in [0.05, 0.1) is 18.1 Å². The summed E-state index contributed by atoms with van der Waals surface area (Å²) in [6.45, 7) is 3.61. The topological polar surface area (TPSA) is 66.8 Å². The van der Waals surface area contributed by atoms with Crippen LogP contribution in [0.15, 0.2) is 0 Å². The van der Waals surface area contributed by atoms with Crippen LogP contribution in [0.25, 0.3) is 0 Å². The summed E-state index contributed by atoms with van der Waals surface area (Å²) >= 11 is 0. The zero-order chi connectivity index (χ0) is 9.78. The molecule has 1 atom stereocenters. The van der Waals surface area contributed by atoms with Crippen LogP contribution < -0.4 is 0 Å². The van der Waals surface area contributed by atoms with Crippen LogP contribution in [0.3, 0.4) is 0 Å². The van der Waals surface area contributed by atoms with Crippen LogP contribution >= 0.6 is 0 Å². The highest BCUT2D eigenvalue weighted by atomic mass is 16.5. The molecule has 0 saturated carbocycles. The first kappa shape index (κ1) is 11.4. The Hall–Kier alpha value is -0.610. The van der Waals surface area contributed by atoms with Crippen LogP contribution in [-0.2, 0) is 9.53 Å². The second-order valence-corrected chi connectivity index (χ2v) is 3.42. The van der Waals surface area contributed by atoms with E-state index in [0.717, 1.165) is 0 Å². The number of hydrogen-bond donors (Lipinski definition) is 2. The van der Waals surface area contributed by atoms with Crippen molar-refractivity contribution in [2.24, 2.45) is 0 Å². The molecule has 0 bridgehead atoms. The lowest BCUT2D eigenvalue weighted by Gasteiger charge is -2.24. The first-order valence-electron chi connectivity index (χ1n) is 3.82. The smallest absolute Gasteiger partial charge is 0.305 e.